The fourth-order valence-corrected chi connectivity index (χ4v) is 3.20. The number of carbonyl (C=O) groups excluding carboxylic acids is 1. The van der Waals surface area contributed by atoms with Crippen LogP contribution in [0.5, 0.6) is 0 Å². The van der Waals surface area contributed by atoms with Gasteiger partial charge in [0, 0.05) is 12.1 Å². The van der Waals surface area contributed by atoms with Crippen molar-refractivity contribution in [3.8, 4) is 0 Å². The van der Waals surface area contributed by atoms with E-state index in [9.17, 15) is 9.90 Å². The van der Waals surface area contributed by atoms with E-state index >= 15 is 0 Å². The third-order valence-corrected chi connectivity index (χ3v) is 4.41. The van der Waals surface area contributed by atoms with Crippen molar-refractivity contribution in [3.63, 3.8) is 0 Å². The number of hydrogen-bond acceptors (Lipinski definition) is 3. The molecule has 1 N–H and O–H groups in total. The fourth-order valence-electron chi connectivity index (χ4n) is 3.20. The Kier molecular flexibility index (Phi) is 14.7. The molecule has 1 heterocycles. The van der Waals surface area contributed by atoms with Crippen LogP contribution in [0, 0.1) is 5.92 Å². The number of ether oxygens (including phenoxy) is 1. The summed E-state index contributed by atoms with van der Waals surface area (Å²) in [6, 6.07) is 0. The summed E-state index contributed by atoms with van der Waals surface area (Å²) in [5, 5.41) is 9.31. The van der Waals surface area contributed by atoms with Crippen molar-refractivity contribution in [2.45, 2.75) is 66.9 Å². The molecule has 0 aromatic rings. The maximum atomic E-state index is 12.7. The zero-order valence-corrected chi connectivity index (χ0v) is 19.3. The van der Waals surface area contributed by atoms with E-state index in [4.69, 9.17) is 4.74 Å². The van der Waals surface area contributed by atoms with Crippen LogP contribution in [0.2, 0.25) is 0 Å². The van der Waals surface area contributed by atoms with Crippen LogP contribution in [-0.2, 0) is 9.53 Å². The van der Waals surface area contributed by atoms with Gasteiger partial charge in [-0.15, -0.1) is 0 Å². The van der Waals surface area contributed by atoms with Crippen molar-refractivity contribution in [1.82, 2.24) is 4.90 Å². The number of aliphatic hydroxyl groups is 1. The molecule has 4 nitrogen and oxygen atoms in total. The summed E-state index contributed by atoms with van der Waals surface area (Å²) in [6.45, 7) is 17.2. The van der Waals surface area contributed by atoms with Crippen LogP contribution in [0.3, 0.4) is 0 Å². The summed E-state index contributed by atoms with van der Waals surface area (Å²) < 4.78 is 5.91. The minimum atomic E-state index is -0.0578. The fraction of sp³-hybridized carbons (Fsp3) is 0.560. The van der Waals surface area contributed by atoms with Crippen LogP contribution in [0.25, 0.3) is 0 Å². The Balaban J connectivity index is 0.00000184. The summed E-state index contributed by atoms with van der Waals surface area (Å²) in [4.78, 5) is 14.6. The second kappa shape index (κ2) is 15.8. The average molecular weight is 404 g/mol. The molecule has 4 heteroatoms. The lowest BCUT2D eigenvalue weighted by atomic mass is 9.96. The van der Waals surface area contributed by atoms with Crippen molar-refractivity contribution in [3.05, 3.63) is 59.9 Å². The first-order valence-corrected chi connectivity index (χ1v) is 11.0. The molecule has 0 radical (unpaired) electrons. The highest BCUT2D eigenvalue weighted by Gasteiger charge is 2.26. The first-order valence-electron chi connectivity index (χ1n) is 11.0. The zero-order chi connectivity index (χ0) is 22.2. The Morgan fingerprint density at radius 2 is 2.03 bits per heavy atom. The highest BCUT2D eigenvalue weighted by molar-refractivity contribution is 5.96. The zero-order valence-electron chi connectivity index (χ0n) is 19.3. The van der Waals surface area contributed by atoms with E-state index in [1.807, 2.05) is 57.7 Å². The largest absolute Gasteiger partial charge is 0.489 e. The van der Waals surface area contributed by atoms with Gasteiger partial charge in [-0.25, -0.2) is 0 Å². The summed E-state index contributed by atoms with van der Waals surface area (Å²) in [5.41, 5.74) is 1.54. The molecule has 2 rings (SSSR count). The molecule has 1 aliphatic heterocycles. The molecule has 0 aromatic carbocycles. The van der Waals surface area contributed by atoms with Gasteiger partial charge in [0.1, 0.15) is 11.9 Å². The Morgan fingerprint density at radius 3 is 2.62 bits per heavy atom. The Morgan fingerprint density at radius 1 is 1.34 bits per heavy atom. The van der Waals surface area contributed by atoms with Gasteiger partial charge in [0.2, 0.25) is 0 Å². The smallest absolute Gasteiger partial charge is 0.253 e. The molecule has 1 saturated heterocycles. The van der Waals surface area contributed by atoms with Crippen molar-refractivity contribution in [2.75, 3.05) is 19.7 Å². The molecule has 1 aliphatic carbocycles. The molecule has 0 spiro atoms. The molecule has 2 aliphatic rings. The standard InChI is InChI=1S/C21H29NO3.2C2H6/c1-4-7-18(15-23)13-17(3)25-20-10-6-11-22(14-20)21(24)19-9-5-8-16(2)12-19;2*1-2/h4-5,7,9,12-13,16,20,23H,3,6,8,10-11,14-15H2,1-2H3;2*1-2H3/b7-4-,18-13+;;/t16?,20-;;/m1../s1. The number of piperidine rings is 1. The predicted octanol–water partition coefficient (Wildman–Crippen LogP) is 5.58. The van der Waals surface area contributed by atoms with Gasteiger partial charge >= 0.3 is 0 Å². The summed E-state index contributed by atoms with van der Waals surface area (Å²) in [5.74, 6) is 1.02. The second-order valence-electron chi connectivity index (χ2n) is 6.71. The van der Waals surface area contributed by atoms with Crippen molar-refractivity contribution in [1.29, 1.82) is 0 Å². The normalized spacial score (nSPS) is 21.4. The molecule has 2 atom stereocenters. The maximum absolute atomic E-state index is 12.7. The number of allylic oxidation sites excluding steroid dienone is 4. The van der Waals surface area contributed by atoms with Gasteiger partial charge < -0.3 is 14.7 Å². The third-order valence-electron chi connectivity index (χ3n) is 4.41. The molecular weight excluding hydrogens is 362 g/mol. The number of nitrogens with zero attached hydrogens (tertiary/aromatic N) is 1. The quantitative estimate of drug-likeness (QED) is 0.465. The van der Waals surface area contributed by atoms with Gasteiger partial charge in [-0.3, -0.25) is 4.79 Å². The highest BCUT2D eigenvalue weighted by atomic mass is 16.5. The summed E-state index contributed by atoms with van der Waals surface area (Å²) in [7, 11) is 0. The Hall–Kier alpha value is -2.07. The predicted molar refractivity (Wildman–Crippen MR) is 124 cm³/mol. The molecule has 164 valence electrons. The van der Waals surface area contributed by atoms with Gasteiger partial charge in [0.25, 0.3) is 5.91 Å². The molecule has 0 bridgehead atoms. The average Bonchev–Trinajstić information content (AvgIpc) is 2.76. The van der Waals surface area contributed by atoms with E-state index < -0.39 is 0 Å². The van der Waals surface area contributed by atoms with Crippen LogP contribution in [0.15, 0.2) is 59.9 Å². The van der Waals surface area contributed by atoms with Gasteiger partial charge in [0.05, 0.1) is 13.2 Å². The summed E-state index contributed by atoms with van der Waals surface area (Å²) >= 11 is 0. The minimum absolute atomic E-state index is 0.0549. The Bertz CT molecular complexity index is 614. The lowest BCUT2D eigenvalue weighted by Crippen LogP contribution is -2.43. The Labute approximate surface area is 178 Å². The number of likely N-dealkylation sites (tertiary alicyclic amines) is 1. The number of aliphatic hydroxyl groups excluding tert-OH is 1. The molecule has 1 amide bonds. The van der Waals surface area contributed by atoms with Crippen molar-refractivity contribution in [2.24, 2.45) is 5.92 Å². The number of amides is 1. The van der Waals surface area contributed by atoms with Gasteiger partial charge in [0.15, 0.2) is 0 Å². The van der Waals surface area contributed by atoms with E-state index in [1.165, 1.54) is 0 Å². The maximum Gasteiger partial charge on any atom is 0.253 e. The van der Waals surface area contributed by atoms with E-state index in [-0.39, 0.29) is 18.6 Å². The molecule has 1 unspecified atom stereocenters. The van der Waals surface area contributed by atoms with E-state index in [0.29, 0.717) is 18.2 Å². The van der Waals surface area contributed by atoms with Crippen LogP contribution in [-0.4, -0.2) is 41.7 Å². The topological polar surface area (TPSA) is 49.8 Å². The first-order chi connectivity index (χ1) is 14.0. The number of rotatable bonds is 6. The molecular formula is C25H41NO3. The SMILES string of the molecule is C=C(/C=C(\C=C/C)CO)O[C@@H]1CCCN(C(=O)C2=CC(C)CC=C2)C1.CC.CC. The molecule has 0 aromatic heterocycles. The van der Waals surface area contributed by atoms with E-state index in [0.717, 1.165) is 37.0 Å². The van der Waals surface area contributed by atoms with Gasteiger partial charge in [-0.2, -0.15) is 0 Å². The van der Waals surface area contributed by atoms with Gasteiger partial charge in [-0.05, 0) is 43.8 Å². The lowest BCUT2D eigenvalue weighted by molar-refractivity contribution is -0.130. The van der Waals surface area contributed by atoms with E-state index in [2.05, 4.69) is 25.7 Å². The third kappa shape index (κ3) is 9.80. The van der Waals surface area contributed by atoms with Gasteiger partial charge in [-0.1, -0.05) is 71.6 Å². The lowest BCUT2D eigenvalue weighted by Gasteiger charge is -2.33. The van der Waals surface area contributed by atoms with Crippen LogP contribution >= 0.6 is 0 Å². The van der Waals surface area contributed by atoms with Crippen molar-refractivity contribution >= 4 is 5.91 Å². The van der Waals surface area contributed by atoms with E-state index in [1.54, 1.807) is 6.08 Å². The molecule has 1 fully saturated rings. The van der Waals surface area contributed by atoms with Crippen LogP contribution < -0.4 is 0 Å². The number of hydrogen-bond donors (Lipinski definition) is 1. The highest BCUT2D eigenvalue weighted by Crippen LogP contribution is 2.22. The molecule has 0 saturated carbocycles. The minimum Gasteiger partial charge on any atom is -0.489 e. The monoisotopic (exact) mass is 403 g/mol. The van der Waals surface area contributed by atoms with Crippen molar-refractivity contribution < 1.29 is 14.6 Å². The van der Waals surface area contributed by atoms with Crippen LogP contribution in [0.4, 0.5) is 0 Å². The number of carbonyl (C=O) groups is 1. The summed E-state index contributed by atoms with van der Waals surface area (Å²) in [6.07, 6.45) is 14.2. The van der Waals surface area contributed by atoms with Crippen LogP contribution in [0.1, 0.15) is 60.8 Å². The second-order valence-corrected chi connectivity index (χ2v) is 6.71. The first kappa shape index (κ1) is 26.9. The molecule has 29 heavy (non-hydrogen) atoms.